The van der Waals surface area contributed by atoms with Crippen molar-refractivity contribution >= 4 is 34.1 Å². The third-order valence-electron chi connectivity index (χ3n) is 4.95. The average Bonchev–Trinajstić information content (AvgIpc) is 2.83. The largest absolute Gasteiger partial charge is 0.507 e. The molecule has 1 aliphatic rings. The van der Waals surface area contributed by atoms with Gasteiger partial charge in [0.15, 0.2) is 0 Å². The van der Waals surface area contributed by atoms with E-state index in [-0.39, 0.29) is 23.7 Å². The van der Waals surface area contributed by atoms with Crippen LogP contribution >= 0.6 is 0 Å². The molecule has 4 rings (SSSR count). The summed E-state index contributed by atoms with van der Waals surface area (Å²) in [7, 11) is 1.23. The number of hydrogen-bond acceptors (Lipinski definition) is 4. The highest BCUT2D eigenvalue weighted by Crippen LogP contribution is 2.34. The zero-order valence-electron chi connectivity index (χ0n) is 15.4. The molecule has 5 nitrogen and oxygen atoms in total. The first-order chi connectivity index (χ1) is 13.6. The highest BCUT2D eigenvalue weighted by Gasteiger charge is 2.31. The van der Waals surface area contributed by atoms with Crippen LogP contribution in [0.1, 0.15) is 17.5 Å². The Balaban J connectivity index is 1.76. The minimum atomic E-state index is -0.701. The summed E-state index contributed by atoms with van der Waals surface area (Å²) in [5, 5.41) is 12.9. The van der Waals surface area contributed by atoms with Gasteiger partial charge in [-0.1, -0.05) is 48.5 Å². The third kappa shape index (κ3) is 3.11. The predicted molar refractivity (Wildman–Crippen MR) is 108 cm³/mol. The maximum atomic E-state index is 13.0. The van der Waals surface area contributed by atoms with E-state index in [0.29, 0.717) is 17.8 Å². The maximum Gasteiger partial charge on any atom is 0.338 e. The fraction of sp³-hybridized carbons (Fsp3) is 0.130. The lowest BCUT2D eigenvalue weighted by Crippen LogP contribution is -2.30. The monoisotopic (exact) mass is 373 g/mol. The van der Waals surface area contributed by atoms with E-state index in [0.717, 1.165) is 16.3 Å². The second-order valence-corrected chi connectivity index (χ2v) is 6.67. The summed E-state index contributed by atoms with van der Waals surface area (Å²) in [5.41, 5.74) is 1.94. The van der Waals surface area contributed by atoms with E-state index in [2.05, 4.69) is 0 Å². The zero-order chi connectivity index (χ0) is 19.7. The highest BCUT2D eigenvalue weighted by molar-refractivity contribution is 6.09. The number of anilines is 1. The number of fused-ring (bicyclic) bond motifs is 2. The Kier molecular flexibility index (Phi) is 4.57. The molecule has 1 aliphatic heterocycles. The Morgan fingerprint density at radius 1 is 1.04 bits per heavy atom. The first kappa shape index (κ1) is 17.8. The number of hydrogen-bond donors (Lipinski definition) is 1. The van der Waals surface area contributed by atoms with Crippen LogP contribution in [-0.4, -0.2) is 24.1 Å². The summed E-state index contributed by atoms with van der Waals surface area (Å²) in [6.07, 6.45) is -0.221. The lowest BCUT2D eigenvalue weighted by molar-refractivity contribution is -0.137. The number of rotatable bonds is 3. The molecule has 1 N–H and O–H groups in total. The summed E-state index contributed by atoms with van der Waals surface area (Å²) < 4.78 is 4.75. The van der Waals surface area contributed by atoms with E-state index >= 15 is 0 Å². The molecule has 3 aromatic rings. The Labute approximate surface area is 162 Å². The summed E-state index contributed by atoms with van der Waals surface area (Å²) in [6, 6.07) is 21.1. The number of carbonyl (C=O) groups is 2. The molecule has 5 heteroatoms. The molecule has 0 bridgehead atoms. The van der Waals surface area contributed by atoms with E-state index in [9.17, 15) is 14.7 Å². The van der Waals surface area contributed by atoms with Gasteiger partial charge < -0.3 is 14.7 Å². The number of carbonyl (C=O) groups excluding carboxylic acids is 2. The van der Waals surface area contributed by atoms with Crippen molar-refractivity contribution in [3.8, 4) is 0 Å². The minimum Gasteiger partial charge on any atom is -0.507 e. The van der Waals surface area contributed by atoms with Crippen molar-refractivity contribution in [3.05, 3.63) is 83.4 Å². The van der Waals surface area contributed by atoms with Gasteiger partial charge in [0.05, 0.1) is 31.3 Å². The number of methoxy groups -OCH3 is 1. The van der Waals surface area contributed by atoms with Gasteiger partial charge in [0.1, 0.15) is 5.76 Å². The normalized spacial score (nSPS) is 14.0. The minimum absolute atomic E-state index is 0.0269. The molecule has 140 valence electrons. The van der Waals surface area contributed by atoms with Crippen molar-refractivity contribution in [3.63, 3.8) is 0 Å². The van der Waals surface area contributed by atoms with Crippen LogP contribution in [-0.2, 0) is 20.9 Å². The van der Waals surface area contributed by atoms with Crippen LogP contribution in [0, 0.1) is 0 Å². The summed E-state index contributed by atoms with van der Waals surface area (Å²) in [5.74, 6) is -1.19. The zero-order valence-corrected chi connectivity index (χ0v) is 15.4. The van der Waals surface area contributed by atoms with Crippen LogP contribution < -0.4 is 4.90 Å². The molecule has 1 amide bonds. The lowest BCUT2D eigenvalue weighted by atomic mass is 10.1. The van der Waals surface area contributed by atoms with Crippen LogP contribution in [0.2, 0.25) is 0 Å². The molecule has 0 saturated heterocycles. The van der Waals surface area contributed by atoms with Crippen molar-refractivity contribution in [1.82, 2.24) is 0 Å². The number of ether oxygens (including phenoxy) is 1. The van der Waals surface area contributed by atoms with E-state index < -0.39 is 5.97 Å². The van der Waals surface area contributed by atoms with Crippen molar-refractivity contribution in [2.45, 2.75) is 13.0 Å². The van der Waals surface area contributed by atoms with Crippen LogP contribution in [0.15, 0.2) is 72.3 Å². The Bertz CT molecular complexity index is 1120. The first-order valence-electron chi connectivity index (χ1n) is 8.96. The van der Waals surface area contributed by atoms with Gasteiger partial charge in [-0.3, -0.25) is 4.79 Å². The first-order valence-corrected chi connectivity index (χ1v) is 8.96. The molecule has 0 aromatic heterocycles. The van der Waals surface area contributed by atoms with Gasteiger partial charge in [0.2, 0.25) is 5.91 Å². The molecule has 1 heterocycles. The number of aliphatic hydroxyl groups is 1. The molecular formula is C23H19NO4. The van der Waals surface area contributed by atoms with Crippen LogP contribution in [0.25, 0.3) is 16.5 Å². The third-order valence-corrected chi connectivity index (χ3v) is 4.95. The standard InChI is InChI=1S/C23H19NO4/c1-28-23(27)19-13-21(25)24(20-9-5-4-8-18(20)22(19)26)14-15-10-11-16-6-2-3-7-17(16)12-15/h2-12,26H,13-14H2,1H3. The molecular weight excluding hydrogens is 354 g/mol. The molecule has 0 radical (unpaired) electrons. The number of aliphatic hydroxyl groups excluding tert-OH is 1. The van der Waals surface area contributed by atoms with Gasteiger partial charge in [-0.25, -0.2) is 4.79 Å². The van der Waals surface area contributed by atoms with Crippen molar-refractivity contribution in [2.75, 3.05) is 12.0 Å². The quantitative estimate of drug-likeness (QED) is 0.698. The molecule has 0 spiro atoms. The molecule has 0 unspecified atom stereocenters. The molecule has 3 aromatic carbocycles. The maximum absolute atomic E-state index is 13.0. The fourth-order valence-corrected chi connectivity index (χ4v) is 3.52. The topological polar surface area (TPSA) is 66.8 Å². The van der Waals surface area contributed by atoms with Crippen LogP contribution in [0.3, 0.4) is 0 Å². The average molecular weight is 373 g/mol. The van der Waals surface area contributed by atoms with E-state index in [1.807, 2.05) is 42.5 Å². The second kappa shape index (κ2) is 7.19. The Morgan fingerprint density at radius 2 is 1.75 bits per heavy atom. The predicted octanol–water partition coefficient (Wildman–Crippen LogP) is 4.22. The fourth-order valence-electron chi connectivity index (χ4n) is 3.52. The van der Waals surface area contributed by atoms with Gasteiger partial charge in [-0.2, -0.15) is 0 Å². The van der Waals surface area contributed by atoms with Gasteiger partial charge >= 0.3 is 5.97 Å². The van der Waals surface area contributed by atoms with Crippen molar-refractivity contribution < 1.29 is 19.4 Å². The number of para-hydroxylation sites is 1. The van der Waals surface area contributed by atoms with Crippen LogP contribution in [0.5, 0.6) is 0 Å². The van der Waals surface area contributed by atoms with E-state index in [1.165, 1.54) is 7.11 Å². The number of amides is 1. The van der Waals surface area contributed by atoms with Gasteiger partial charge in [-0.05, 0) is 34.5 Å². The van der Waals surface area contributed by atoms with Gasteiger partial charge in [0.25, 0.3) is 0 Å². The highest BCUT2D eigenvalue weighted by atomic mass is 16.5. The summed E-state index contributed by atoms with van der Waals surface area (Å²) >= 11 is 0. The second-order valence-electron chi connectivity index (χ2n) is 6.67. The molecule has 0 atom stereocenters. The smallest absolute Gasteiger partial charge is 0.338 e. The lowest BCUT2D eigenvalue weighted by Gasteiger charge is -2.23. The Hall–Kier alpha value is -3.60. The summed E-state index contributed by atoms with van der Waals surface area (Å²) in [4.78, 5) is 26.7. The van der Waals surface area contributed by atoms with Crippen molar-refractivity contribution in [2.24, 2.45) is 0 Å². The molecule has 0 fully saturated rings. The summed E-state index contributed by atoms with van der Waals surface area (Å²) in [6.45, 7) is 0.336. The molecule has 0 saturated carbocycles. The van der Waals surface area contributed by atoms with Gasteiger partial charge in [-0.15, -0.1) is 0 Å². The van der Waals surface area contributed by atoms with E-state index in [4.69, 9.17) is 4.74 Å². The number of esters is 1. The van der Waals surface area contributed by atoms with Gasteiger partial charge in [0, 0.05) is 5.56 Å². The number of nitrogens with zero attached hydrogens (tertiary/aromatic N) is 1. The van der Waals surface area contributed by atoms with Crippen LogP contribution in [0.4, 0.5) is 5.69 Å². The number of benzene rings is 3. The Morgan fingerprint density at radius 3 is 2.54 bits per heavy atom. The molecule has 0 aliphatic carbocycles. The van der Waals surface area contributed by atoms with E-state index in [1.54, 1.807) is 29.2 Å². The van der Waals surface area contributed by atoms with Crippen molar-refractivity contribution in [1.29, 1.82) is 0 Å². The SMILES string of the molecule is COC(=O)C1=C(O)c2ccccc2N(Cc2ccc3ccccc3c2)C(=O)C1. The molecule has 28 heavy (non-hydrogen) atoms.